The Kier molecular flexibility index (Phi) is 6.83. The summed E-state index contributed by atoms with van der Waals surface area (Å²) in [6.45, 7) is 5.31. The maximum Gasteiger partial charge on any atom is 0.256 e. The fourth-order valence-electron chi connectivity index (χ4n) is 4.53. The number of H-pyrrole nitrogens is 1. The summed E-state index contributed by atoms with van der Waals surface area (Å²) < 4.78 is 19.2. The molecule has 1 fully saturated rings. The molecule has 3 N–H and O–H groups in total. The quantitative estimate of drug-likeness (QED) is 0.544. The van der Waals surface area contributed by atoms with Gasteiger partial charge in [-0.05, 0) is 56.5 Å². The number of methoxy groups -OCH3 is 1. The van der Waals surface area contributed by atoms with Crippen LogP contribution in [0.2, 0.25) is 0 Å². The van der Waals surface area contributed by atoms with Gasteiger partial charge in [0.2, 0.25) is 5.91 Å². The lowest BCUT2D eigenvalue weighted by Gasteiger charge is -2.20. The van der Waals surface area contributed by atoms with Crippen LogP contribution in [-0.4, -0.2) is 60.5 Å². The Balaban J connectivity index is 1.47. The predicted octanol–water partition coefficient (Wildman–Crippen LogP) is 3.02. The molecule has 1 aromatic carbocycles. The van der Waals surface area contributed by atoms with Crippen molar-refractivity contribution < 1.29 is 23.5 Å². The molecule has 3 heterocycles. The zero-order chi connectivity index (χ0) is 24.4. The summed E-state index contributed by atoms with van der Waals surface area (Å²) in [6, 6.07) is 4.13. The van der Waals surface area contributed by atoms with Crippen LogP contribution in [0.15, 0.2) is 18.2 Å². The molecule has 180 valence electrons. The third-order valence-corrected chi connectivity index (χ3v) is 6.44. The van der Waals surface area contributed by atoms with E-state index in [0.29, 0.717) is 39.3 Å². The van der Waals surface area contributed by atoms with Crippen LogP contribution >= 0.6 is 0 Å². The fourth-order valence-corrected chi connectivity index (χ4v) is 4.53. The van der Waals surface area contributed by atoms with Gasteiger partial charge in [-0.15, -0.1) is 0 Å². The van der Waals surface area contributed by atoms with Crippen molar-refractivity contribution in [1.82, 2.24) is 15.2 Å². The number of aryl methyl sites for hydroxylation is 1. The summed E-state index contributed by atoms with van der Waals surface area (Å²) in [4.78, 5) is 42.8. The lowest BCUT2D eigenvalue weighted by atomic mass is 10.0. The monoisotopic (exact) mass is 468 g/mol. The SMILES string of the molecule is COC(CNC(=O)c1c(C)[nH]c(C=C2C(=O)Nc3ccc(F)cc32)c1C)CC(=O)N1CCCC1. The second-order valence-corrected chi connectivity index (χ2v) is 8.73. The van der Waals surface area contributed by atoms with Gasteiger partial charge >= 0.3 is 0 Å². The van der Waals surface area contributed by atoms with Crippen LogP contribution in [0.5, 0.6) is 0 Å². The van der Waals surface area contributed by atoms with Crippen molar-refractivity contribution in [3.05, 3.63) is 52.1 Å². The number of carbonyl (C=O) groups excluding carboxylic acids is 3. The first-order valence-electron chi connectivity index (χ1n) is 11.4. The first kappa shape index (κ1) is 23.7. The highest BCUT2D eigenvalue weighted by molar-refractivity contribution is 6.34. The molecule has 4 rings (SSSR count). The topological polar surface area (TPSA) is 104 Å². The normalized spacial score (nSPS) is 17.1. The number of nitrogens with zero attached hydrogens (tertiary/aromatic N) is 1. The Labute approximate surface area is 197 Å². The average molecular weight is 469 g/mol. The number of aromatic nitrogens is 1. The molecule has 0 bridgehead atoms. The zero-order valence-corrected chi connectivity index (χ0v) is 19.6. The van der Waals surface area contributed by atoms with Gasteiger partial charge in [0, 0.05) is 49.4 Å². The van der Waals surface area contributed by atoms with Crippen LogP contribution in [-0.2, 0) is 14.3 Å². The molecule has 0 aliphatic carbocycles. The molecule has 1 unspecified atom stereocenters. The molecule has 1 atom stereocenters. The van der Waals surface area contributed by atoms with Crippen LogP contribution in [0.1, 0.15) is 52.1 Å². The van der Waals surface area contributed by atoms with Gasteiger partial charge in [0.1, 0.15) is 5.82 Å². The van der Waals surface area contributed by atoms with Gasteiger partial charge in [0.05, 0.1) is 23.7 Å². The largest absolute Gasteiger partial charge is 0.379 e. The number of halogens is 1. The van der Waals surface area contributed by atoms with E-state index >= 15 is 0 Å². The Morgan fingerprint density at radius 3 is 2.71 bits per heavy atom. The minimum absolute atomic E-state index is 0.0353. The van der Waals surface area contributed by atoms with Gasteiger partial charge in [-0.3, -0.25) is 14.4 Å². The Hall–Kier alpha value is -3.46. The van der Waals surface area contributed by atoms with Crippen molar-refractivity contribution in [1.29, 1.82) is 0 Å². The van der Waals surface area contributed by atoms with Gasteiger partial charge in [0.25, 0.3) is 11.8 Å². The summed E-state index contributed by atoms with van der Waals surface area (Å²) in [5.41, 5.74) is 3.72. The lowest BCUT2D eigenvalue weighted by Crippen LogP contribution is -2.38. The van der Waals surface area contributed by atoms with Crippen molar-refractivity contribution >= 4 is 35.1 Å². The first-order chi connectivity index (χ1) is 16.3. The smallest absolute Gasteiger partial charge is 0.256 e. The summed E-state index contributed by atoms with van der Waals surface area (Å²) in [5.74, 6) is -1.03. The van der Waals surface area contributed by atoms with E-state index in [1.165, 1.54) is 25.3 Å². The summed E-state index contributed by atoms with van der Waals surface area (Å²) >= 11 is 0. The van der Waals surface area contributed by atoms with Gasteiger partial charge in [-0.1, -0.05) is 0 Å². The number of hydrogen-bond acceptors (Lipinski definition) is 4. The molecule has 2 aliphatic rings. The second kappa shape index (κ2) is 9.80. The van der Waals surface area contributed by atoms with E-state index in [1.54, 1.807) is 19.9 Å². The van der Waals surface area contributed by atoms with E-state index in [2.05, 4.69) is 15.6 Å². The van der Waals surface area contributed by atoms with Crippen LogP contribution < -0.4 is 10.6 Å². The maximum atomic E-state index is 13.7. The third-order valence-electron chi connectivity index (χ3n) is 6.44. The molecular formula is C25H29FN4O4. The Morgan fingerprint density at radius 1 is 1.26 bits per heavy atom. The van der Waals surface area contributed by atoms with Crippen molar-refractivity contribution in [2.45, 2.75) is 39.2 Å². The van der Waals surface area contributed by atoms with E-state index in [1.807, 2.05) is 4.90 Å². The van der Waals surface area contributed by atoms with E-state index in [-0.39, 0.29) is 30.7 Å². The van der Waals surface area contributed by atoms with E-state index in [4.69, 9.17) is 4.74 Å². The number of benzene rings is 1. The molecule has 8 nitrogen and oxygen atoms in total. The number of aromatic amines is 1. The van der Waals surface area contributed by atoms with E-state index < -0.39 is 11.9 Å². The van der Waals surface area contributed by atoms with Gasteiger partial charge in [-0.25, -0.2) is 4.39 Å². The predicted molar refractivity (Wildman–Crippen MR) is 127 cm³/mol. The number of anilines is 1. The maximum absolute atomic E-state index is 13.7. The first-order valence-corrected chi connectivity index (χ1v) is 11.4. The molecule has 3 amide bonds. The van der Waals surface area contributed by atoms with Crippen LogP contribution in [0.4, 0.5) is 10.1 Å². The van der Waals surface area contributed by atoms with E-state index in [0.717, 1.165) is 25.9 Å². The van der Waals surface area contributed by atoms with Crippen molar-refractivity contribution in [3.8, 4) is 0 Å². The number of hydrogen-bond donors (Lipinski definition) is 3. The van der Waals surface area contributed by atoms with Gasteiger partial charge in [-0.2, -0.15) is 0 Å². The summed E-state index contributed by atoms with van der Waals surface area (Å²) in [5, 5.41) is 5.58. The number of carbonyl (C=O) groups is 3. The number of ether oxygens (including phenoxy) is 1. The van der Waals surface area contributed by atoms with Gasteiger partial charge < -0.3 is 25.3 Å². The highest BCUT2D eigenvalue weighted by atomic mass is 19.1. The highest BCUT2D eigenvalue weighted by Crippen LogP contribution is 2.34. The lowest BCUT2D eigenvalue weighted by molar-refractivity contribution is -0.132. The fraction of sp³-hybridized carbons (Fsp3) is 0.400. The summed E-state index contributed by atoms with van der Waals surface area (Å²) in [7, 11) is 1.53. The molecular weight excluding hydrogens is 439 g/mol. The molecule has 0 saturated carbocycles. The number of rotatable bonds is 7. The molecule has 9 heteroatoms. The minimum Gasteiger partial charge on any atom is -0.379 e. The molecule has 1 aromatic heterocycles. The number of nitrogens with one attached hydrogen (secondary N) is 3. The van der Waals surface area contributed by atoms with Crippen LogP contribution in [0, 0.1) is 19.7 Å². The summed E-state index contributed by atoms with van der Waals surface area (Å²) in [6.07, 6.45) is 3.46. The number of fused-ring (bicyclic) bond motifs is 1. The molecule has 34 heavy (non-hydrogen) atoms. The standard InChI is InChI=1S/C25H29FN4O4/c1-14-21(12-19-18-10-16(26)6-7-20(18)29-24(19)32)28-15(2)23(14)25(33)27-13-17(34-3)11-22(31)30-8-4-5-9-30/h6-7,10,12,17,28H,4-5,8-9,11,13H2,1-3H3,(H,27,33)(H,29,32). The molecule has 0 spiro atoms. The highest BCUT2D eigenvalue weighted by Gasteiger charge is 2.27. The number of likely N-dealkylation sites (tertiary alicyclic amines) is 1. The van der Waals surface area contributed by atoms with Crippen LogP contribution in [0.3, 0.4) is 0 Å². The average Bonchev–Trinajstić information content (AvgIpc) is 3.51. The van der Waals surface area contributed by atoms with Crippen molar-refractivity contribution in [2.24, 2.45) is 0 Å². The van der Waals surface area contributed by atoms with Crippen LogP contribution in [0.25, 0.3) is 11.6 Å². The molecule has 0 radical (unpaired) electrons. The molecule has 2 aromatic rings. The second-order valence-electron chi connectivity index (χ2n) is 8.73. The molecule has 2 aliphatic heterocycles. The van der Waals surface area contributed by atoms with Crippen molar-refractivity contribution in [3.63, 3.8) is 0 Å². The zero-order valence-electron chi connectivity index (χ0n) is 19.6. The Morgan fingerprint density at radius 2 is 2.00 bits per heavy atom. The minimum atomic E-state index is -0.434. The number of amides is 3. The Bertz CT molecular complexity index is 1160. The third kappa shape index (κ3) is 4.75. The van der Waals surface area contributed by atoms with E-state index in [9.17, 15) is 18.8 Å². The molecule has 1 saturated heterocycles. The van der Waals surface area contributed by atoms with Crippen molar-refractivity contribution in [2.75, 3.05) is 32.1 Å². The van der Waals surface area contributed by atoms with Gasteiger partial charge in [0.15, 0.2) is 0 Å².